The van der Waals surface area contributed by atoms with Crippen molar-refractivity contribution in [2.45, 2.75) is 43.6 Å². The third kappa shape index (κ3) is 4.57. The van der Waals surface area contributed by atoms with Gasteiger partial charge >= 0.3 is 0 Å². The monoisotopic (exact) mass is 410 g/mol. The summed E-state index contributed by atoms with van der Waals surface area (Å²) in [6.45, 7) is 3.69. The topological polar surface area (TPSA) is 41.6 Å². The molecule has 0 bridgehead atoms. The highest BCUT2D eigenvalue weighted by atomic mass is 19.1. The Morgan fingerprint density at radius 1 is 1.03 bits per heavy atom. The molecular weight excluding hydrogens is 379 g/mol. The number of carbonyl (C=O) groups excluding carboxylic acids is 1. The molecule has 0 spiro atoms. The van der Waals surface area contributed by atoms with Gasteiger partial charge in [-0.1, -0.05) is 48.9 Å². The van der Waals surface area contributed by atoms with E-state index in [-0.39, 0.29) is 17.8 Å². The van der Waals surface area contributed by atoms with Crippen molar-refractivity contribution in [1.29, 1.82) is 0 Å². The summed E-state index contributed by atoms with van der Waals surface area (Å²) in [5.74, 6) is -0.323. The molecular formula is C25H31FN2O2. The highest BCUT2D eigenvalue weighted by Crippen LogP contribution is 2.36. The molecule has 2 aliphatic rings. The summed E-state index contributed by atoms with van der Waals surface area (Å²) < 4.78 is 19.5. The number of hydrogen-bond acceptors (Lipinski definition) is 3. The number of likely N-dealkylation sites (tertiary alicyclic amines) is 1. The van der Waals surface area contributed by atoms with Crippen LogP contribution in [0.5, 0.6) is 0 Å². The van der Waals surface area contributed by atoms with Gasteiger partial charge in [-0.25, -0.2) is 4.39 Å². The summed E-state index contributed by atoms with van der Waals surface area (Å²) in [6, 6.07) is 17.1. The zero-order valence-corrected chi connectivity index (χ0v) is 17.5. The Balaban J connectivity index is 1.55. The molecule has 1 atom stereocenters. The number of hydrogen-bond donors (Lipinski definition) is 1. The van der Waals surface area contributed by atoms with E-state index in [2.05, 4.69) is 34.5 Å². The van der Waals surface area contributed by atoms with Crippen LogP contribution < -0.4 is 5.32 Å². The molecule has 4 rings (SSSR count). The van der Waals surface area contributed by atoms with Crippen molar-refractivity contribution >= 4 is 5.91 Å². The summed E-state index contributed by atoms with van der Waals surface area (Å²) in [6.07, 6.45) is 4.81. The predicted octanol–water partition coefficient (Wildman–Crippen LogP) is 4.22. The second kappa shape index (κ2) is 9.71. The van der Waals surface area contributed by atoms with Crippen molar-refractivity contribution in [2.75, 3.05) is 32.8 Å². The van der Waals surface area contributed by atoms with Crippen LogP contribution in [-0.4, -0.2) is 43.7 Å². The number of carbonyl (C=O) groups is 1. The summed E-state index contributed by atoms with van der Waals surface area (Å²) >= 11 is 0. The van der Waals surface area contributed by atoms with Crippen LogP contribution in [0.4, 0.5) is 4.39 Å². The average Bonchev–Trinajstić information content (AvgIpc) is 2.81. The lowest BCUT2D eigenvalue weighted by molar-refractivity contribution is -0.130. The van der Waals surface area contributed by atoms with Crippen molar-refractivity contribution in [3.05, 3.63) is 71.5 Å². The van der Waals surface area contributed by atoms with Crippen molar-refractivity contribution in [2.24, 2.45) is 0 Å². The first-order valence-electron chi connectivity index (χ1n) is 11.1. The maximum atomic E-state index is 14.0. The Morgan fingerprint density at radius 3 is 2.47 bits per heavy atom. The van der Waals surface area contributed by atoms with E-state index >= 15 is 0 Å². The zero-order valence-electron chi connectivity index (χ0n) is 17.5. The van der Waals surface area contributed by atoms with Crippen LogP contribution in [0.2, 0.25) is 0 Å². The molecule has 1 N–H and O–H groups in total. The minimum absolute atomic E-state index is 0.0191. The first-order chi connectivity index (χ1) is 14.7. The number of halogens is 1. The Labute approximate surface area is 178 Å². The van der Waals surface area contributed by atoms with Gasteiger partial charge in [0.05, 0.1) is 11.5 Å². The Hall–Kier alpha value is -2.24. The standard InChI is InChI=1S/C25H31FN2O2/c26-22-11-7-10-21(18-22)25(12-16-30-17-13-25)24(29)27-19-23(20-8-3-1-4-9-20)28-14-5-2-6-15-28/h1,3-4,7-11,18,23H,2,5-6,12-17,19H2,(H,27,29)/t23-/m1/s1. The molecule has 0 aromatic heterocycles. The molecule has 4 nitrogen and oxygen atoms in total. The number of piperidine rings is 1. The Kier molecular flexibility index (Phi) is 6.80. The second-order valence-corrected chi connectivity index (χ2v) is 8.44. The average molecular weight is 411 g/mol. The van der Waals surface area contributed by atoms with Crippen LogP contribution in [0, 0.1) is 5.82 Å². The number of nitrogens with one attached hydrogen (secondary N) is 1. The molecule has 0 unspecified atom stereocenters. The molecule has 2 saturated heterocycles. The second-order valence-electron chi connectivity index (χ2n) is 8.44. The minimum atomic E-state index is -0.733. The van der Waals surface area contributed by atoms with E-state index in [0.717, 1.165) is 18.7 Å². The zero-order chi connectivity index (χ0) is 20.8. The van der Waals surface area contributed by atoms with E-state index in [9.17, 15) is 9.18 Å². The van der Waals surface area contributed by atoms with Gasteiger partial charge in [0.15, 0.2) is 0 Å². The lowest BCUT2D eigenvalue weighted by Crippen LogP contribution is -2.50. The van der Waals surface area contributed by atoms with Crippen molar-refractivity contribution < 1.29 is 13.9 Å². The maximum absolute atomic E-state index is 14.0. The molecule has 2 heterocycles. The normalized spacial score (nSPS) is 20.4. The van der Waals surface area contributed by atoms with Crippen LogP contribution in [0.25, 0.3) is 0 Å². The van der Waals surface area contributed by atoms with Crippen molar-refractivity contribution in [1.82, 2.24) is 10.2 Å². The van der Waals surface area contributed by atoms with Gasteiger partial charge in [-0.15, -0.1) is 0 Å². The number of amides is 1. The van der Waals surface area contributed by atoms with Crippen molar-refractivity contribution in [3.63, 3.8) is 0 Å². The first kappa shape index (κ1) is 21.0. The molecule has 5 heteroatoms. The Morgan fingerprint density at radius 2 is 1.77 bits per heavy atom. The third-order valence-electron chi connectivity index (χ3n) is 6.63. The lowest BCUT2D eigenvalue weighted by atomic mass is 9.73. The number of nitrogens with zero attached hydrogens (tertiary/aromatic N) is 1. The van der Waals surface area contributed by atoms with Crippen LogP contribution in [0.1, 0.15) is 49.3 Å². The molecule has 160 valence electrons. The molecule has 2 aromatic carbocycles. The van der Waals surface area contributed by atoms with Crippen LogP contribution in [0.3, 0.4) is 0 Å². The Bertz CT molecular complexity index is 830. The van der Waals surface area contributed by atoms with Gasteiger partial charge in [-0.3, -0.25) is 9.69 Å². The summed E-state index contributed by atoms with van der Waals surface area (Å²) in [5.41, 5.74) is 1.24. The smallest absolute Gasteiger partial charge is 0.230 e. The SMILES string of the molecule is O=C(NC[C@H](c1ccccc1)N1CCCCC1)C1(c2cccc(F)c2)CCOCC1. The van der Waals surface area contributed by atoms with Gasteiger partial charge < -0.3 is 10.1 Å². The fraction of sp³-hybridized carbons (Fsp3) is 0.480. The van der Waals surface area contributed by atoms with E-state index in [4.69, 9.17) is 4.74 Å². The third-order valence-corrected chi connectivity index (χ3v) is 6.63. The quantitative estimate of drug-likeness (QED) is 0.775. The van der Waals surface area contributed by atoms with Crippen LogP contribution in [-0.2, 0) is 14.9 Å². The van der Waals surface area contributed by atoms with Gasteiger partial charge in [0.1, 0.15) is 5.82 Å². The molecule has 0 radical (unpaired) electrons. The number of benzene rings is 2. The van der Waals surface area contributed by atoms with Crippen LogP contribution in [0.15, 0.2) is 54.6 Å². The predicted molar refractivity (Wildman–Crippen MR) is 116 cm³/mol. The van der Waals surface area contributed by atoms with E-state index in [1.807, 2.05) is 12.1 Å². The van der Waals surface area contributed by atoms with E-state index in [0.29, 0.717) is 32.6 Å². The highest BCUT2D eigenvalue weighted by Gasteiger charge is 2.42. The number of ether oxygens (including phenoxy) is 1. The molecule has 2 fully saturated rings. The summed E-state index contributed by atoms with van der Waals surface area (Å²) in [7, 11) is 0. The molecule has 0 saturated carbocycles. The van der Waals surface area contributed by atoms with E-state index < -0.39 is 5.41 Å². The molecule has 0 aliphatic carbocycles. The van der Waals surface area contributed by atoms with Gasteiger partial charge in [-0.2, -0.15) is 0 Å². The highest BCUT2D eigenvalue weighted by molar-refractivity contribution is 5.88. The summed E-state index contributed by atoms with van der Waals surface area (Å²) in [4.78, 5) is 16.0. The maximum Gasteiger partial charge on any atom is 0.230 e. The minimum Gasteiger partial charge on any atom is -0.381 e. The van der Waals surface area contributed by atoms with E-state index in [1.165, 1.54) is 37.0 Å². The van der Waals surface area contributed by atoms with Gasteiger partial charge in [-0.05, 0) is 62.0 Å². The van der Waals surface area contributed by atoms with Gasteiger partial charge in [0.25, 0.3) is 0 Å². The summed E-state index contributed by atoms with van der Waals surface area (Å²) in [5, 5.41) is 3.25. The number of rotatable bonds is 6. The van der Waals surface area contributed by atoms with Gasteiger partial charge in [0, 0.05) is 19.8 Å². The van der Waals surface area contributed by atoms with E-state index in [1.54, 1.807) is 6.07 Å². The largest absolute Gasteiger partial charge is 0.381 e. The fourth-order valence-electron chi connectivity index (χ4n) is 4.87. The molecule has 2 aromatic rings. The van der Waals surface area contributed by atoms with Gasteiger partial charge in [0.2, 0.25) is 5.91 Å². The molecule has 30 heavy (non-hydrogen) atoms. The molecule has 2 aliphatic heterocycles. The first-order valence-corrected chi connectivity index (χ1v) is 11.1. The van der Waals surface area contributed by atoms with Crippen LogP contribution >= 0.6 is 0 Å². The molecule has 1 amide bonds. The lowest BCUT2D eigenvalue weighted by Gasteiger charge is -2.38. The van der Waals surface area contributed by atoms with Crippen molar-refractivity contribution in [3.8, 4) is 0 Å². The fourth-order valence-corrected chi connectivity index (χ4v) is 4.87.